The van der Waals surface area contributed by atoms with Crippen molar-refractivity contribution >= 4 is 17.5 Å². The van der Waals surface area contributed by atoms with E-state index in [1.807, 2.05) is 67.6 Å². The molecule has 2 aromatic carbocycles. The molecule has 0 aromatic heterocycles. The van der Waals surface area contributed by atoms with Crippen LogP contribution in [0.25, 0.3) is 6.08 Å². The number of nitrogens with zero attached hydrogens (tertiary/aromatic N) is 3. The molecule has 0 saturated carbocycles. The van der Waals surface area contributed by atoms with Crippen molar-refractivity contribution < 1.29 is 10.6 Å². The van der Waals surface area contributed by atoms with Gasteiger partial charge in [-0.15, -0.1) is 0 Å². The average Bonchev–Trinajstić information content (AvgIpc) is 2.86. The summed E-state index contributed by atoms with van der Waals surface area (Å²) < 4.78 is 0. The molecule has 0 amide bonds. The van der Waals surface area contributed by atoms with Crippen molar-refractivity contribution in [2.75, 3.05) is 10.0 Å². The molecular formula is C17H16N3O2. The van der Waals surface area contributed by atoms with Gasteiger partial charge in [-0.25, -0.2) is 10.0 Å². The summed E-state index contributed by atoms with van der Waals surface area (Å²) in [6, 6.07) is 15.9. The second kappa shape index (κ2) is 5.22. The van der Waals surface area contributed by atoms with Crippen molar-refractivity contribution in [2.24, 2.45) is 0 Å². The highest BCUT2D eigenvalue weighted by Crippen LogP contribution is 2.36. The van der Waals surface area contributed by atoms with E-state index < -0.39 is 0 Å². The molecule has 0 spiro atoms. The first-order valence-corrected chi connectivity index (χ1v) is 6.83. The first-order chi connectivity index (χ1) is 10.2. The fourth-order valence-electron chi connectivity index (χ4n) is 2.56. The Balaban J connectivity index is 0.00000144. The number of hydrogen-bond donors (Lipinski definition) is 1. The second-order valence-corrected chi connectivity index (χ2v) is 5.15. The number of hydrogen-bond acceptors (Lipinski definition) is 3. The Morgan fingerprint density at radius 1 is 0.909 bits per heavy atom. The first-order valence-electron chi connectivity index (χ1n) is 6.83. The lowest BCUT2D eigenvalue weighted by Gasteiger charge is -2.24. The van der Waals surface area contributed by atoms with Gasteiger partial charge in [0.1, 0.15) is 5.70 Å². The number of benzene rings is 2. The van der Waals surface area contributed by atoms with E-state index in [-0.39, 0.29) is 11.4 Å². The summed E-state index contributed by atoms with van der Waals surface area (Å²) in [5.41, 5.74) is 9.28. The van der Waals surface area contributed by atoms with Crippen molar-refractivity contribution in [2.45, 2.75) is 6.92 Å². The maximum atomic E-state index is 10.5. The van der Waals surface area contributed by atoms with Crippen LogP contribution in [0.1, 0.15) is 11.1 Å². The summed E-state index contributed by atoms with van der Waals surface area (Å²) in [6.45, 7) is 2.03. The maximum absolute atomic E-state index is 10.5. The van der Waals surface area contributed by atoms with Crippen LogP contribution in [-0.4, -0.2) is 10.6 Å². The molecule has 2 heterocycles. The number of para-hydroxylation sites is 1. The Morgan fingerprint density at radius 2 is 1.64 bits per heavy atom. The molecule has 3 N–H and O–H groups in total. The predicted molar refractivity (Wildman–Crippen MR) is 87.0 cm³/mol. The van der Waals surface area contributed by atoms with E-state index in [1.165, 1.54) is 5.56 Å². The molecule has 0 saturated heterocycles. The largest absolute Gasteiger partial charge is 0.492 e. The number of aliphatic hydroxyl groups excluding tert-OH is 1. The van der Waals surface area contributed by atoms with Gasteiger partial charge in [-0.2, -0.15) is 0 Å². The quantitative estimate of drug-likeness (QED) is 0.879. The van der Waals surface area contributed by atoms with Crippen molar-refractivity contribution in [3.63, 3.8) is 0 Å². The van der Waals surface area contributed by atoms with Crippen LogP contribution in [0.15, 0.2) is 66.2 Å². The zero-order chi connectivity index (χ0) is 14.4. The van der Waals surface area contributed by atoms with Gasteiger partial charge in [0.05, 0.1) is 11.4 Å². The summed E-state index contributed by atoms with van der Waals surface area (Å²) >= 11 is 0. The van der Waals surface area contributed by atoms with Gasteiger partial charge in [-0.3, -0.25) is 0 Å². The third-order valence-electron chi connectivity index (χ3n) is 3.70. The smallest absolute Gasteiger partial charge is 0.235 e. The Kier molecular flexibility index (Phi) is 3.36. The van der Waals surface area contributed by atoms with E-state index in [1.54, 1.807) is 10.0 Å². The van der Waals surface area contributed by atoms with Gasteiger partial charge in [-0.1, -0.05) is 42.0 Å². The summed E-state index contributed by atoms with van der Waals surface area (Å²) in [4.78, 5) is 0. The number of anilines is 2. The van der Waals surface area contributed by atoms with Crippen LogP contribution in [-0.2, 0) is 0 Å². The molecule has 2 aromatic rings. The number of rotatable bonds is 1. The highest BCUT2D eigenvalue weighted by Gasteiger charge is 2.34. The molecule has 0 atom stereocenters. The van der Waals surface area contributed by atoms with Crippen LogP contribution in [0.3, 0.4) is 0 Å². The van der Waals surface area contributed by atoms with Crippen LogP contribution in [0.5, 0.6) is 0 Å². The molecule has 111 valence electrons. The minimum absolute atomic E-state index is 0. The Labute approximate surface area is 128 Å². The molecule has 0 unspecified atom stereocenters. The van der Waals surface area contributed by atoms with E-state index in [0.717, 1.165) is 16.9 Å². The Hall–Kier alpha value is -2.76. The summed E-state index contributed by atoms with van der Waals surface area (Å²) in [6.07, 6.45) is 3.88. The molecule has 4 rings (SSSR count). The molecule has 2 aliphatic heterocycles. The number of allylic oxidation sites excluding steroid dienone is 1. The molecule has 0 fully saturated rings. The Morgan fingerprint density at radius 3 is 2.41 bits per heavy atom. The molecule has 0 aliphatic carbocycles. The first kappa shape index (κ1) is 14.2. The van der Waals surface area contributed by atoms with Gasteiger partial charge in [0.2, 0.25) is 5.88 Å². The zero-order valence-electron chi connectivity index (χ0n) is 12.1. The lowest BCUT2D eigenvalue weighted by molar-refractivity contribution is 0.387. The standard InChI is InChI=1S/C17H14N3O.H2O/c1-12-6-9-14(10-7-12)19-17(21)16-11-8-13-4-2-3-5-15(13)20(16)18-19;/h2-11,21H,1H3;1H2. The van der Waals surface area contributed by atoms with Crippen molar-refractivity contribution in [1.82, 2.24) is 5.53 Å². The molecular weight excluding hydrogens is 278 g/mol. The van der Waals surface area contributed by atoms with Gasteiger partial charge in [0, 0.05) is 0 Å². The van der Waals surface area contributed by atoms with Crippen LogP contribution in [0.2, 0.25) is 0 Å². The van der Waals surface area contributed by atoms with E-state index in [9.17, 15) is 5.11 Å². The predicted octanol–water partition coefficient (Wildman–Crippen LogP) is 2.69. The molecule has 2 aliphatic rings. The van der Waals surface area contributed by atoms with Gasteiger partial charge < -0.3 is 10.6 Å². The van der Waals surface area contributed by atoms with E-state index in [0.29, 0.717) is 5.70 Å². The highest BCUT2D eigenvalue weighted by atomic mass is 16.3. The zero-order valence-corrected chi connectivity index (χ0v) is 12.1. The fourth-order valence-corrected chi connectivity index (χ4v) is 2.56. The lowest BCUT2D eigenvalue weighted by atomic mass is 10.1. The van der Waals surface area contributed by atoms with E-state index >= 15 is 0 Å². The topological polar surface area (TPSA) is 72.3 Å². The number of fused-ring (bicyclic) bond motifs is 3. The minimum Gasteiger partial charge on any atom is -0.492 e. The number of aliphatic hydroxyl groups is 1. The van der Waals surface area contributed by atoms with Crippen LogP contribution < -0.4 is 15.6 Å². The molecule has 5 nitrogen and oxygen atoms in total. The number of aryl methyl sites for hydroxylation is 1. The fraction of sp³-hybridized carbons (Fsp3) is 0.0588. The third kappa shape index (κ3) is 2.04. The van der Waals surface area contributed by atoms with Crippen molar-refractivity contribution in [3.8, 4) is 0 Å². The van der Waals surface area contributed by atoms with E-state index in [2.05, 4.69) is 5.53 Å². The monoisotopic (exact) mass is 294 g/mol. The van der Waals surface area contributed by atoms with Gasteiger partial charge in [0.25, 0.3) is 0 Å². The van der Waals surface area contributed by atoms with Crippen molar-refractivity contribution in [3.05, 3.63) is 77.3 Å². The van der Waals surface area contributed by atoms with E-state index in [4.69, 9.17) is 0 Å². The minimum atomic E-state index is 0. The van der Waals surface area contributed by atoms with Crippen molar-refractivity contribution in [1.29, 1.82) is 0 Å². The molecule has 0 bridgehead atoms. The average molecular weight is 294 g/mol. The summed E-state index contributed by atoms with van der Waals surface area (Å²) in [5.74, 6) is 0.143. The SMILES string of the molecule is Cc1ccc(N2[N]N3C(=C2O)C=Cc2ccccc23)cc1.O. The van der Waals surface area contributed by atoms with Gasteiger partial charge in [-0.05, 0) is 42.3 Å². The summed E-state index contributed by atoms with van der Waals surface area (Å²) in [5, 5.41) is 13.8. The van der Waals surface area contributed by atoms with Crippen LogP contribution in [0.4, 0.5) is 11.4 Å². The summed E-state index contributed by atoms with van der Waals surface area (Å²) in [7, 11) is 0. The normalized spacial score (nSPS) is 15.5. The van der Waals surface area contributed by atoms with Crippen LogP contribution in [0, 0.1) is 6.92 Å². The Bertz CT molecular complexity index is 766. The van der Waals surface area contributed by atoms with Gasteiger partial charge in [0.15, 0.2) is 0 Å². The second-order valence-electron chi connectivity index (χ2n) is 5.15. The van der Waals surface area contributed by atoms with Gasteiger partial charge >= 0.3 is 0 Å². The molecule has 5 heteroatoms. The van der Waals surface area contributed by atoms with Crippen LogP contribution >= 0.6 is 0 Å². The highest BCUT2D eigenvalue weighted by molar-refractivity contribution is 5.78. The lowest BCUT2D eigenvalue weighted by Crippen LogP contribution is -2.35. The molecule has 22 heavy (non-hydrogen) atoms. The maximum Gasteiger partial charge on any atom is 0.235 e. The molecule has 1 radical (unpaired) electrons. The third-order valence-corrected chi connectivity index (χ3v) is 3.70.